The van der Waals surface area contributed by atoms with Gasteiger partial charge >= 0.3 is 6.03 Å². The summed E-state index contributed by atoms with van der Waals surface area (Å²) in [7, 11) is 3.20. The number of nitrogens with zero attached hydrogens (tertiary/aromatic N) is 5. The number of rotatable bonds is 2. The maximum Gasteiger partial charge on any atom is 0.328 e. The number of anilines is 1. The van der Waals surface area contributed by atoms with Gasteiger partial charge in [-0.3, -0.25) is 19.5 Å². The van der Waals surface area contributed by atoms with E-state index in [0.29, 0.717) is 5.96 Å². The van der Waals surface area contributed by atoms with E-state index in [1.165, 1.54) is 16.8 Å². The summed E-state index contributed by atoms with van der Waals surface area (Å²) in [4.78, 5) is 36.9. The van der Waals surface area contributed by atoms with Crippen molar-refractivity contribution in [2.24, 2.45) is 4.99 Å². The summed E-state index contributed by atoms with van der Waals surface area (Å²) in [6, 6.07) is 15.3. The van der Waals surface area contributed by atoms with Crippen LogP contribution in [0.2, 0.25) is 0 Å². The van der Waals surface area contributed by atoms with Gasteiger partial charge in [0.2, 0.25) is 5.96 Å². The Kier molecular flexibility index (Phi) is 4.21. The molecule has 1 saturated heterocycles. The minimum atomic E-state index is -0.575. The van der Waals surface area contributed by atoms with Crippen LogP contribution in [0.1, 0.15) is 11.1 Å². The first kappa shape index (κ1) is 18.9. The van der Waals surface area contributed by atoms with Crippen LogP contribution in [0.3, 0.4) is 0 Å². The van der Waals surface area contributed by atoms with Crippen molar-refractivity contribution < 1.29 is 9.59 Å². The van der Waals surface area contributed by atoms with E-state index in [1.54, 1.807) is 7.05 Å². The minimum Gasteiger partial charge on any atom is -0.302 e. The second kappa shape index (κ2) is 6.70. The number of amides is 3. The first-order chi connectivity index (χ1) is 14.4. The van der Waals surface area contributed by atoms with Crippen LogP contribution >= 0.6 is 15.9 Å². The maximum atomic E-state index is 13.0. The number of likely N-dealkylation sites (N-methyl/N-ethyl adjacent to an activating group) is 2. The van der Waals surface area contributed by atoms with Crippen molar-refractivity contribution in [1.82, 2.24) is 14.7 Å². The van der Waals surface area contributed by atoms with Crippen LogP contribution in [0.5, 0.6) is 0 Å². The van der Waals surface area contributed by atoms with E-state index in [2.05, 4.69) is 15.9 Å². The number of halogens is 1. The number of hydrogen-bond donors (Lipinski definition) is 0. The summed E-state index contributed by atoms with van der Waals surface area (Å²) in [6.45, 7) is 2.04. The van der Waals surface area contributed by atoms with Crippen molar-refractivity contribution >= 4 is 45.2 Å². The van der Waals surface area contributed by atoms with E-state index in [-0.39, 0.29) is 11.9 Å². The third kappa shape index (κ3) is 2.67. The van der Waals surface area contributed by atoms with Gasteiger partial charge in [-0.25, -0.2) is 9.79 Å². The first-order valence-electron chi connectivity index (χ1n) is 9.62. The molecule has 0 bridgehead atoms. The Balaban J connectivity index is 1.64. The summed E-state index contributed by atoms with van der Waals surface area (Å²) in [6.07, 6.45) is 1.41. The molecule has 0 N–H and O–H groups in total. The number of urea groups is 1. The standard InChI is InChI=1S/C22H20BrN5O2/c1-13-4-10-16(11-5-13)28-17(14-6-8-15(23)9-7-14)12-27-18-19(24-21(27)28)25(2)22(30)26(3)20(18)29/h4-12,18-19H,1-3H3. The van der Waals surface area contributed by atoms with Crippen LogP contribution in [0.4, 0.5) is 10.5 Å². The van der Waals surface area contributed by atoms with E-state index in [9.17, 15) is 9.59 Å². The first-order valence-corrected chi connectivity index (χ1v) is 10.4. The highest BCUT2D eigenvalue weighted by Crippen LogP contribution is 2.40. The number of carbonyl (C=O) groups is 2. The lowest BCUT2D eigenvalue weighted by atomic mass is 10.1. The number of guanidine groups is 1. The molecule has 3 aliphatic rings. The highest BCUT2D eigenvalue weighted by molar-refractivity contribution is 9.10. The summed E-state index contributed by atoms with van der Waals surface area (Å²) < 4.78 is 0.994. The van der Waals surface area contributed by atoms with Gasteiger partial charge in [0, 0.05) is 36.0 Å². The number of fused-ring (bicyclic) bond motifs is 3. The van der Waals surface area contributed by atoms with E-state index < -0.39 is 12.2 Å². The summed E-state index contributed by atoms with van der Waals surface area (Å²) in [5.74, 6) is 0.397. The molecule has 3 amide bonds. The Morgan fingerprint density at radius 1 is 0.967 bits per heavy atom. The monoisotopic (exact) mass is 465 g/mol. The zero-order chi connectivity index (χ0) is 21.2. The van der Waals surface area contributed by atoms with Crippen molar-refractivity contribution in [1.29, 1.82) is 0 Å². The molecule has 7 nitrogen and oxygen atoms in total. The van der Waals surface area contributed by atoms with Crippen molar-refractivity contribution in [2.75, 3.05) is 19.0 Å². The molecule has 0 radical (unpaired) electrons. The molecule has 2 aromatic rings. The number of imide groups is 1. The van der Waals surface area contributed by atoms with Gasteiger partial charge in [0.1, 0.15) is 0 Å². The Morgan fingerprint density at radius 3 is 2.30 bits per heavy atom. The van der Waals surface area contributed by atoms with Gasteiger partial charge in [0.15, 0.2) is 12.2 Å². The lowest BCUT2D eigenvalue weighted by Gasteiger charge is -2.38. The van der Waals surface area contributed by atoms with Crippen molar-refractivity contribution in [3.8, 4) is 0 Å². The van der Waals surface area contributed by atoms with E-state index >= 15 is 0 Å². The molecule has 2 atom stereocenters. The highest BCUT2D eigenvalue weighted by Gasteiger charge is 2.54. The molecule has 0 spiro atoms. The number of benzene rings is 2. The average molecular weight is 466 g/mol. The number of aliphatic imine (C=N–C) groups is 1. The van der Waals surface area contributed by atoms with Gasteiger partial charge in [0.05, 0.1) is 5.70 Å². The van der Waals surface area contributed by atoms with Gasteiger partial charge in [-0.2, -0.15) is 0 Å². The zero-order valence-corrected chi connectivity index (χ0v) is 18.4. The molecule has 5 rings (SSSR count). The third-order valence-corrected chi connectivity index (χ3v) is 6.29. The van der Waals surface area contributed by atoms with Gasteiger partial charge < -0.3 is 4.90 Å². The second-order valence-corrected chi connectivity index (χ2v) is 8.59. The summed E-state index contributed by atoms with van der Waals surface area (Å²) in [5.41, 5.74) is 4.05. The van der Waals surface area contributed by atoms with Crippen LogP contribution in [0.25, 0.3) is 5.70 Å². The zero-order valence-electron chi connectivity index (χ0n) is 16.8. The molecule has 1 fully saturated rings. The molecule has 8 heteroatoms. The minimum absolute atomic E-state index is 0.251. The molecule has 2 aromatic carbocycles. The van der Waals surface area contributed by atoms with E-state index in [0.717, 1.165) is 27.0 Å². The summed E-state index contributed by atoms with van der Waals surface area (Å²) >= 11 is 3.49. The van der Waals surface area contributed by atoms with Crippen LogP contribution in [0.15, 0.2) is 64.2 Å². The second-order valence-electron chi connectivity index (χ2n) is 7.68. The lowest BCUT2D eigenvalue weighted by Crippen LogP contribution is -2.63. The number of aryl methyl sites for hydroxylation is 1. The molecule has 30 heavy (non-hydrogen) atoms. The van der Waals surface area contributed by atoms with Crippen LogP contribution in [-0.2, 0) is 4.79 Å². The smallest absolute Gasteiger partial charge is 0.302 e. The normalized spacial score (nSPS) is 22.9. The fourth-order valence-corrected chi connectivity index (χ4v) is 4.36. The van der Waals surface area contributed by atoms with Gasteiger partial charge in [-0.15, -0.1) is 0 Å². The van der Waals surface area contributed by atoms with Crippen LogP contribution < -0.4 is 4.90 Å². The molecule has 3 heterocycles. The maximum absolute atomic E-state index is 13.0. The van der Waals surface area contributed by atoms with E-state index in [4.69, 9.17) is 4.99 Å². The molecule has 3 aliphatic heterocycles. The fraction of sp³-hybridized carbons (Fsp3) is 0.227. The van der Waals surface area contributed by atoms with Gasteiger partial charge in [-0.1, -0.05) is 45.8 Å². The van der Waals surface area contributed by atoms with Gasteiger partial charge in [-0.05, 0) is 31.2 Å². The fourth-order valence-electron chi connectivity index (χ4n) is 4.09. The average Bonchev–Trinajstić information content (AvgIpc) is 3.28. The quantitative estimate of drug-likeness (QED) is 0.681. The molecule has 0 aromatic heterocycles. The third-order valence-electron chi connectivity index (χ3n) is 5.76. The Labute approximate surface area is 183 Å². The Hall–Kier alpha value is -3.13. The lowest BCUT2D eigenvalue weighted by molar-refractivity contribution is -0.135. The number of carbonyl (C=O) groups excluding carboxylic acids is 2. The SMILES string of the molecule is Cc1ccc(N2C(c3ccc(Br)cc3)=CN3C2=NC2C3C(=O)N(C)C(=O)N2C)cc1. The highest BCUT2D eigenvalue weighted by atomic mass is 79.9. The van der Waals surface area contributed by atoms with Crippen LogP contribution in [-0.4, -0.2) is 58.9 Å². The van der Waals surface area contributed by atoms with Gasteiger partial charge in [0.25, 0.3) is 5.91 Å². The molecule has 152 valence electrons. The van der Waals surface area contributed by atoms with Crippen molar-refractivity contribution in [3.63, 3.8) is 0 Å². The predicted octanol–water partition coefficient (Wildman–Crippen LogP) is 3.47. The Morgan fingerprint density at radius 2 is 1.63 bits per heavy atom. The molecule has 0 aliphatic carbocycles. The van der Waals surface area contributed by atoms with Crippen LogP contribution in [0, 0.1) is 6.92 Å². The number of hydrogen-bond acceptors (Lipinski definition) is 5. The largest absolute Gasteiger partial charge is 0.328 e. The predicted molar refractivity (Wildman–Crippen MR) is 119 cm³/mol. The molecule has 0 saturated carbocycles. The van der Waals surface area contributed by atoms with E-state index in [1.807, 2.05) is 71.5 Å². The van der Waals surface area contributed by atoms with Crippen molar-refractivity contribution in [2.45, 2.75) is 19.1 Å². The molecular weight excluding hydrogens is 446 g/mol. The van der Waals surface area contributed by atoms with Crippen molar-refractivity contribution in [3.05, 3.63) is 70.3 Å². The topological polar surface area (TPSA) is 59.5 Å². The Bertz CT molecular complexity index is 1110. The molecular formula is C22H20BrN5O2. The molecule has 2 unspecified atom stereocenters. The summed E-state index contributed by atoms with van der Waals surface area (Å²) in [5, 5.41) is 0.